The Bertz CT molecular complexity index is 1200. The first-order valence-electron chi connectivity index (χ1n) is 12.8. The maximum Gasteiger partial charge on any atom is 0.267 e. The van der Waals surface area contributed by atoms with E-state index in [0.717, 1.165) is 37.9 Å². The van der Waals surface area contributed by atoms with E-state index >= 15 is 0 Å². The van der Waals surface area contributed by atoms with Gasteiger partial charge in [0.1, 0.15) is 15.8 Å². The molecule has 1 amide bonds. The molecule has 0 spiro atoms. The number of carbonyl (C=O) groups excluding carboxylic acids is 1. The molecule has 0 saturated carbocycles. The van der Waals surface area contributed by atoms with Gasteiger partial charge in [0.2, 0.25) is 0 Å². The molecule has 2 fully saturated rings. The second kappa shape index (κ2) is 11.2. The molecule has 2 aliphatic heterocycles. The molecule has 4 heterocycles. The highest BCUT2D eigenvalue weighted by molar-refractivity contribution is 8.26. The highest BCUT2D eigenvalue weighted by Crippen LogP contribution is 2.34. The van der Waals surface area contributed by atoms with Crippen LogP contribution in [0.3, 0.4) is 0 Å². The van der Waals surface area contributed by atoms with Gasteiger partial charge < -0.3 is 4.90 Å². The van der Waals surface area contributed by atoms with Crippen LogP contribution in [-0.2, 0) is 4.79 Å². The Morgan fingerprint density at radius 2 is 1.83 bits per heavy atom. The number of nitrogens with zero attached hydrogens (tertiary/aromatic N) is 4. The third-order valence-electron chi connectivity index (χ3n) is 6.79. The lowest BCUT2D eigenvalue weighted by Gasteiger charge is -2.36. The van der Waals surface area contributed by atoms with Crippen LogP contribution in [0.1, 0.15) is 70.4 Å². The van der Waals surface area contributed by atoms with Crippen LogP contribution < -0.4 is 10.5 Å². The number of aromatic nitrogens is 2. The van der Waals surface area contributed by atoms with Crippen LogP contribution in [-0.4, -0.2) is 44.1 Å². The molecule has 2 unspecified atom stereocenters. The normalized spacial score (nSPS) is 22.1. The Labute approximate surface area is 217 Å². The van der Waals surface area contributed by atoms with Gasteiger partial charge >= 0.3 is 0 Å². The van der Waals surface area contributed by atoms with E-state index < -0.39 is 0 Å². The minimum atomic E-state index is -0.149. The summed E-state index contributed by atoms with van der Waals surface area (Å²) in [5.41, 5.74) is 1.93. The summed E-state index contributed by atoms with van der Waals surface area (Å²) < 4.78 is 2.17. The number of pyridine rings is 1. The number of fused-ring (bicyclic) bond motifs is 1. The fourth-order valence-electron chi connectivity index (χ4n) is 5.15. The van der Waals surface area contributed by atoms with Crippen molar-refractivity contribution in [2.45, 2.75) is 66.2 Å². The number of aryl methyl sites for hydroxylation is 1. The van der Waals surface area contributed by atoms with Crippen molar-refractivity contribution in [1.29, 1.82) is 0 Å². The van der Waals surface area contributed by atoms with Gasteiger partial charge in [0.05, 0.1) is 10.5 Å². The zero-order valence-corrected chi connectivity index (χ0v) is 22.9. The quantitative estimate of drug-likeness (QED) is 0.259. The maximum absolute atomic E-state index is 13.7. The first-order valence-corrected chi connectivity index (χ1v) is 14.0. The van der Waals surface area contributed by atoms with Gasteiger partial charge in [0.25, 0.3) is 11.5 Å². The zero-order chi connectivity index (χ0) is 25.1. The molecule has 2 aliphatic rings. The summed E-state index contributed by atoms with van der Waals surface area (Å²) in [7, 11) is 0. The second-order valence-corrected chi connectivity index (χ2v) is 11.9. The number of unbranched alkanes of at least 4 members (excludes halogenated alkanes) is 4. The first-order chi connectivity index (χ1) is 16.8. The molecule has 2 aromatic rings. The lowest BCUT2D eigenvalue weighted by Crippen LogP contribution is -2.40. The summed E-state index contributed by atoms with van der Waals surface area (Å²) in [4.78, 5) is 36.3. The van der Waals surface area contributed by atoms with Crippen molar-refractivity contribution in [3.8, 4) is 0 Å². The molecule has 4 rings (SSSR count). The van der Waals surface area contributed by atoms with Crippen LogP contribution in [0.2, 0.25) is 0 Å². The van der Waals surface area contributed by atoms with Crippen LogP contribution in [0.5, 0.6) is 0 Å². The van der Waals surface area contributed by atoms with E-state index in [2.05, 4.69) is 25.7 Å². The summed E-state index contributed by atoms with van der Waals surface area (Å²) in [6.07, 6.45) is 10.3. The van der Waals surface area contributed by atoms with Gasteiger partial charge in [-0.3, -0.25) is 18.9 Å². The lowest BCUT2D eigenvalue weighted by molar-refractivity contribution is -0.122. The molecule has 0 radical (unpaired) electrons. The van der Waals surface area contributed by atoms with Gasteiger partial charge in [-0.1, -0.05) is 76.5 Å². The Balaban J connectivity index is 1.71. The number of hydrogen-bond donors (Lipinski definition) is 0. The first kappa shape index (κ1) is 25.9. The number of carbonyl (C=O) groups is 1. The van der Waals surface area contributed by atoms with Crippen molar-refractivity contribution in [2.24, 2.45) is 11.8 Å². The predicted octanol–water partition coefficient (Wildman–Crippen LogP) is 5.66. The Kier molecular flexibility index (Phi) is 8.32. The number of thiocarbonyl (C=S) groups is 1. The molecule has 0 bridgehead atoms. The molecule has 0 N–H and O–H groups in total. The molecule has 0 aliphatic carbocycles. The van der Waals surface area contributed by atoms with Gasteiger partial charge in [-0.25, -0.2) is 4.98 Å². The van der Waals surface area contributed by atoms with E-state index in [0.29, 0.717) is 44.6 Å². The monoisotopic (exact) mass is 512 g/mol. The van der Waals surface area contributed by atoms with Crippen LogP contribution in [0.25, 0.3) is 11.7 Å². The van der Waals surface area contributed by atoms with Crippen LogP contribution in [0.4, 0.5) is 5.82 Å². The van der Waals surface area contributed by atoms with E-state index in [-0.39, 0.29) is 11.5 Å². The molecule has 8 heteroatoms. The SMILES string of the molecule is CCCCCCCN1C(=O)/C(=C/c2c(N3CC(C)CC(C)C3)nc3ccc(C)cn3c2=O)SC1=S. The lowest BCUT2D eigenvalue weighted by atomic mass is 9.91. The highest BCUT2D eigenvalue weighted by atomic mass is 32.2. The Morgan fingerprint density at radius 1 is 1.11 bits per heavy atom. The van der Waals surface area contributed by atoms with E-state index in [9.17, 15) is 9.59 Å². The van der Waals surface area contributed by atoms with Crippen molar-refractivity contribution in [1.82, 2.24) is 14.3 Å². The minimum Gasteiger partial charge on any atom is -0.355 e. The molecule has 188 valence electrons. The zero-order valence-electron chi connectivity index (χ0n) is 21.2. The minimum absolute atomic E-state index is 0.101. The number of piperidine rings is 1. The van der Waals surface area contributed by atoms with Crippen molar-refractivity contribution in [3.63, 3.8) is 0 Å². The standard InChI is InChI=1S/C27H36N4O2S2/c1-5-6-7-8-9-12-30-26(33)22(35-27(30)34)14-21-24(29-15-19(3)13-20(4)16-29)28-23-11-10-18(2)17-31(23)25(21)32/h10-11,14,17,19-20H,5-9,12-13,15-16H2,1-4H3/b22-14-. The predicted molar refractivity (Wildman–Crippen MR) is 150 cm³/mol. The topological polar surface area (TPSA) is 57.9 Å². The highest BCUT2D eigenvalue weighted by Gasteiger charge is 2.33. The average Bonchev–Trinajstić information content (AvgIpc) is 3.07. The van der Waals surface area contributed by atoms with Gasteiger partial charge in [0.15, 0.2) is 0 Å². The van der Waals surface area contributed by atoms with Crippen molar-refractivity contribution >= 4 is 51.7 Å². The molecule has 35 heavy (non-hydrogen) atoms. The largest absolute Gasteiger partial charge is 0.355 e. The van der Waals surface area contributed by atoms with Crippen molar-refractivity contribution in [2.75, 3.05) is 24.5 Å². The van der Waals surface area contributed by atoms with Crippen LogP contribution in [0, 0.1) is 18.8 Å². The number of rotatable bonds is 8. The molecular formula is C27H36N4O2S2. The Hall–Kier alpha value is -2.19. The fraction of sp³-hybridized carbons (Fsp3) is 0.556. The van der Waals surface area contributed by atoms with Crippen molar-refractivity contribution < 1.29 is 4.79 Å². The van der Waals surface area contributed by atoms with E-state index in [1.807, 2.05) is 25.3 Å². The number of anilines is 1. The van der Waals surface area contributed by atoms with Crippen LogP contribution >= 0.6 is 24.0 Å². The van der Waals surface area contributed by atoms with Gasteiger partial charge in [-0.05, 0) is 49.3 Å². The number of hydrogen-bond acceptors (Lipinski definition) is 6. The maximum atomic E-state index is 13.7. The summed E-state index contributed by atoms with van der Waals surface area (Å²) in [6, 6.07) is 3.86. The fourth-order valence-corrected chi connectivity index (χ4v) is 6.44. The second-order valence-electron chi connectivity index (χ2n) is 10.2. The summed E-state index contributed by atoms with van der Waals surface area (Å²) in [5.74, 6) is 1.59. The molecular weight excluding hydrogens is 476 g/mol. The van der Waals surface area contributed by atoms with Crippen LogP contribution in [0.15, 0.2) is 28.0 Å². The summed E-state index contributed by atoms with van der Waals surface area (Å²) in [5, 5.41) is 0. The summed E-state index contributed by atoms with van der Waals surface area (Å²) in [6.45, 7) is 11.0. The third kappa shape index (κ3) is 5.80. The average molecular weight is 513 g/mol. The summed E-state index contributed by atoms with van der Waals surface area (Å²) >= 11 is 6.84. The van der Waals surface area contributed by atoms with E-state index in [1.165, 1.54) is 31.0 Å². The Morgan fingerprint density at radius 3 is 2.54 bits per heavy atom. The molecule has 6 nitrogen and oxygen atoms in total. The number of amides is 1. The van der Waals surface area contributed by atoms with E-state index in [4.69, 9.17) is 17.2 Å². The molecule has 0 aromatic carbocycles. The third-order valence-corrected chi connectivity index (χ3v) is 8.17. The number of thioether (sulfide) groups is 1. The van der Waals surface area contributed by atoms with Gasteiger partial charge in [-0.15, -0.1) is 0 Å². The van der Waals surface area contributed by atoms with E-state index in [1.54, 1.807) is 15.4 Å². The smallest absolute Gasteiger partial charge is 0.267 e. The van der Waals surface area contributed by atoms with Gasteiger partial charge in [0, 0.05) is 25.8 Å². The van der Waals surface area contributed by atoms with Crippen molar-refractivity contribution in [3.05, 3.63) is 44.7 Å². The molecule has 2 atom stereocenters. The molecule has 2 saturated heterocycles. The molecule has 2 aromatic heterocycles. The van der Waals surface area contributed by atoms with Gasteiger partial charge in [-0.2, -0.15) is 0 Å².